The van der Waals surface area contributed by atoms with Gasteiger partial charge in [-0.15, -0.1) is 0 Å². The number of nitrogens with zero attached hydrogens (tertiary/aromatic N) is 1. The Kier molecular flexibility index (Phi) is 4.29. The lowest BCUT2D eigenvalue weighted by Crippen LogP contribution is -2.40. The summed E-state index contributed by atoms with van der Waals surface area (Å²) in [7, 11) is 1.90. The predicted molar refractivity (Wildman–Crippen MR) is 51.9 cm³/mol. The molecule has 0 bridgehead atoms. The minimum atomic E-state index is 0. The largest absolute Gasteiger partial charge is 0.346 e. The van der Waals surface area contributed by atoms with Gasteiger partial charge in [0.05, 0.1) is 0 Å². The number of hydrogen-bond acceptors (Lipinski definition) is 1. The van der Waals surface area contributed by atoms with Crippen molar-refractivity contribution in [1.29, 1.82) is 0 Å². The molecule has 1 fully saturated rings. The quantitative estimate of drug-likeness (QED) is 0.592. The van der Waals surface area contributed by atoms with Crippen molar-refractivity contribution in [1.82, 2.24) is 4.90 Å². The van der Waals surface area contributed by atoms with E-state index in [1.165, 1.54) is 6.42 Å². The first-order chi connectivity index (χ1) is 5.13. The van der Waals surface area contributed by atoms with Gasteiger partial charge in [0, 0.05) is 19.5 Å². The molecule has 1 aliphatic rings. The molecule has 1 saturated heterocycles. The number of amides is 1. The third kappa shape index (κ3) is 2.23. The molecular formula is C10H21NO. The van der Waals surface area contributed by atoms with E-state index >= 15 is 0 Å². The van der Waals surface area contributed by atoms with Crippen LogP contribution in [0.15, 0.2) is 0 Å². The van der Waals surface area contributed by atoms with Crippen molar-refractivity contribution in [3.05, 3.63) is 0 Å². The fourth-order valence-corrected chi connectivity index (χ4v) is 1.68. The van der Waals surface area contributed by atoms with Crippen molar-refractivity contribution in [3.8, 4) is 0 Å². The number of likely N-dealkylation sites (tertiary alicyclic amines) is 1. The summed E-state index contributed by atoms with van der Waals surface area (Å²) in [5.74, 6) is 1.13. The van der Waals surface area contributed by atoms with Crippen LogP contribution < -0.4 is 0 Å². The van der Waals surface area contributed by atoms with Crippen LogP contribution in [0.1, 0.15) is 34.1 Å². The van der Waals surface area contributed by atoms with Crippen molar-refractivity contribution in [2.45, 2.75) is 34.1 Å². The lowest BCUT2D eigenvalue weighted by Gasteiger charge is -2.31. The highest BCUT2D eigenvalue weighted by molar-refractivity contribution is 5.79. The van der Waals surface area contributed by atoms with Crippen molar-refractivity contribution in [2.75, 3.05) is 13.6 Å². The Morgan fingerprint density at radius 3 is 2.50 bits per heavy atom. The zero-order valence-corrected chi connectivity index (χ0v) is 7.63. The second-order valence-electron chi connectivity index (χ2n) is 3.75. The van der Waals surface area contributed by atoms with Crippen molar-refractivity contribution in [3.63, 3.8) is 0 Å². The van der Waals surface area contributed by atoms with E-state index < -0.39 is 0 Å². The Labute approximate surface area is 75.9 Å². The topological polar surface area (TPSA) is 20.3 Å². The highest BCUT2D eigenvalue weighted by atomic mass is 16.2. The van der Waals surface area contributed by atoms with Gasteiger partial charge in [0.25, 0.3) is 0 Å². The number of carbonyl (C=O) groups excluding carboxylic acids is 1. The zero-order chi connectivity index (χ0) is 8.43. The summed E-state index contributed by atoms with van der Waals surface area (Å²) in [4.78, 5) is 13.3. The van der Waals surface area contributed by atoms with Gasteiger partial charge < -0.3 is 4.90 Å². The van der Waals surface area contributed by atoms with E-state index in [0.717, 1.165) is 13.0 Å². The van der Waals surface area contributed by atoms with Crippen molar-refractivity contribution in [2.24, 2.45) is 11.8 Å². The minimum Gasteiger partial charge on any atom is -0.346 e. The van der Waals surface area contributed by atoms with Gasteiger partial charge >= 0.3 is 0 Å². The molecule has 1 atom stereocenters. The van der Waals surface area contributed by atoms with E-state index in [4.69, 9.17) is 0 Å². The molecule has 0 aromatic heterocycles. The van der Waals surface area contributed by atoms with Gasteiger partial charge in [-0.3, -0.25) is 4.79 Å². The summed E-state index contributed by atoms with van der Waals surface area (Å²) in [6.45, 7) is 5.20. The van der Waals surface area contributed by atoms with Gasteiger partial charge in [0.1, 0.15) is 0 Å². The van der Waals surface area contributed by atoms with E-state index in [0.29, 0.717) is 11.8 Å². The molecule has 0 saturated carbocycles. The molecule has 12 heavy (non-hydrogen) atoms. The smallest absolute Gasteiger partial charge is 0.225 e. The molecule has 0 spiro atoms. The second-order valence-corrected chi connectivity index (χ2v) is 3.75. The highest BCUT2D eigenvalue weighted by Gasteiger charge is 2.28. The lowest BCUT2D eigenvalue weighted by molar-refractivity contribution is -0.138. The van der Waals surface area contributed by atoms with E-state index in [2.05, 4.69) is 13.8 Å². The Morgan fingerprint density at radius 1 is 1.50 bits per heavy atom. The maximum atomic E-state index is 11.5. The summed E-state index contributed by atoms with van der Waals surface area (Å²) < 4.78 is 0. The summed E-state index contributed by atoms with van der Waals surface area (Å²) >= 11 is 0. The zero-order valence-electron chi connectivity index (χ0n) is 7.63. The molecule has 1 heterocycles. The molecule has 0 aromatic carbocycles. The van der Waals surface area contributed by atoms with Gasteiger partial charge in [-0.05, 0) is 18.8 Å². The summed E-state index contributed by atoms with van der Waals surface area (Å²) in [6.07, 6.45) is 2.26. The highest BCUT2D eigenvalue weighted by Crippen LogP contribution is 2.23. The predicted octanol–water partition coefficient (Wildman–Crippen LogP) is 2.15. The van der Waals surface area contributed by atoms with Gasteiger partial charge in [-0.2, -0.15) is 0 Å². The molecule has 0 N–H and O–H groups in total. The summed E-state index contributed by atoms with van der Waals surface area (Å²) in [5.41, 5.74) is 0. The van der Waals surface area contributed by atoms with E-state index in [-0.39, 0.29) is 13.3 Å². The normalized spacial score (nSPS) is 24.2. The molecule has 2 heteroatoms. The fraction of sp³-hybridized carbons (Fsp3) is 0.900. The Bertz CT molecular complexity index is 154. The van der Waals surface area contributed by atoms with Crippen LogP contribution in [0.4, 0.5) is 0 Å². The van der Waals surface area contributed by atoms with Gasteiger partial charge in [0.2, 0.25) is 5.91 Å². The van der Waals surface area contributed by atoms with Gasteiger partial charge in [-0.1, -0.05) is 21.3 Å². The average Bonchev–Trinajstić information content (AvgIpc) is 1.94. The SMILES string of the molecule is C.CC(C)C1CCCN(C)C1=O. The summed E-state index contributed by atoms with van der Waals surface area (Å²) in [5, 5.41) is 0. The van der Waals surface area contributed by atoms with Crippen molar-refractivity contribution < 1.29 is 4.79 Å². The Balaban J connectivity index is 0.00000121. The van der Waals surface area contributed by atoms with Crippen LogP contribution in [0.25, 0.3) is 0 Å². The number of carbonyl (C=O) groups is 1. The van der Waals surface area contributed by atoms with Crippen LogP contribution in [-0.4, -0.2) is 24.4 Å². The molecule has 0 aromatic rings. The Hall–Kier alpha value is -0.530. The minimum absolute atomic E-state index is 0. The average molecular weight is 171 g/mol. The summed E-state index contributed by atoms with van der Waals surface area (Å²) in [6, 6.07) is 0. The number of piperidine rings is 1. The molecule has 2 nitrogen and oxygen atoms in total. The fourth-order valence-electron chi connectivity index (χ4n) is 1.68. The van der Waals surface area contributed by atoms with Crippen LogP contribution in [0.5, 0.6) is 0 Å². The maximum absolute atomic E-state index is 11.5. The van der Waals surface area contributed by atoms with Gasteiger partial charge in [-0.25, -0.2) is 0 Å². The van der Waals surface area contributed by atoms with Crippen LogP contribution in [0.3, 0.4) is 0 Å². The standard InChI is InChI=1S/C9H17NO.CH4/c1-7(2)8-5-4-6-10(3)9(8)11;/h7-8H,4-6H2,1-3H3;1H4. The van der Waals surface area contributed by atoms with Crippen LogP contribution in [-0.2, 0) is 4.79 Å². The van der Waals surface area contributed by atoms with Crippen molar-refractivity contribution >= 4 is 5.91 Å². The maximum Gasteiger partial charge on any atom is 0.225 e. The lowest BCUT2D eigenvalue weighted by atomic mass is 9.87. The van der Waals surface area contributed by atoms with E-state index in [1.54, 1.807) is 0 Å². The third-order valence-corrected chi connectivity index (χ3v) is 2.51. The Morgan fingerprint density at radius 2 is 2.08 bits per heavy atom. The molecular weight excluding hydrogens is 150 g/mol. The molecule has 72 valence electrons. The molecule has 0 aliphatic carbocycles. The van der Waals surface area contributed by atoms with E-state index in [9.17, 15) is 4.79 Å². The first-order valence-electron chi connectivity index (χ1n) is 4.38. The van der Waals surface area contributed by atoms with Crippen LogP contribution in [0, 0.1) is 11.8 Å². The van der Waals surface area contributed by atoms with Crippen LogP contribution >= 0.6 is 0 Å². The van der Waals surface area contributed by atoms with E-state index in [1.807, 2.05) is 11.9 Å². The molecule has 1 rings (SSSR count). The second kappa shape index (κ2) is 4.48. The number of hydrogen-bond donors (Lipinski definition) is 0. The molecule has 0 radical (unpaired) electrons. The number of rotatable bonds is 1. The van der Waals surface area contributed by atoms with Gasteiger partial charge in [0.15, 0.2) is 0 Å². The molecule has 1 aliphatic heterocycles. The third-order valence-electron chi connectivity index (χ3n) is 2.51. The first kappa shape index (κ1) is 11.5. The molecule has 1 amide bonds. The van der Waals surface area contributed by atoms with Crippen LogP contribution in [0.2, 0.25) is 0 Å². The monoisotopic (exact) mass is 171 g/mol. The molecule has 1 unspecified atom stereocenters. The first-order valence-corrected chi connectivity index (χ1v) is 4.38.